The zero-order chi connectivity index (χ0) is 20.1. The van der Waals surface area contributed by atoms with E-state index in [-0.39, 0.29) is 0 Å². The second-order valence-electron chi connectivity index (χ2n) is 7.58. The van der Waals surface area contributed by atoms with E-state index < -0.39 is 0 Å². The molecule has 0 saturated carbocycles. The Hall–Kier alpha value is -3.40. The number of nitrogens with zero attached hydrogens (tertiary/aromatic N) is 4. The fraction of sp³-hybridized carbons (Fsp3) is 0.200. The first-order valence-electron chi connectivity index (χ1n) is 9.97. The van der Waals surface area contributed by atoms with Gasteiger partial charge in [0.25, 0.3) is 0 Å². The van der Waals surface area contributed by atoms with Crippen molar-refractivity contribution in [3.8, 4) is 0 Å². The molecule has 0 amide bonds. The highest BCUT2D eigenvalue weighted by atomic mass is 15.4. The summed E-state index contributed by atoms with van der Waals surface area (Å²) in [6, 6.07) is 17.2. The molecule has 0 aromatic heterocycles. The van der Waals surface area contributed by atoms with Gasteiger partial charge in [-0.3, -0.25) is 0 Å². The largest absolute Gasteiger partial charge is 0.354 e. The van der Waals surface area contributed by atoms with Gasteiger partial charge in [-0.2, -0.15) is 0 Å². The van der Waals surface area contributed by atoms with Crippen molar-refractivity contribution >= 4 is 12.2 Å². The molecule has 0 atom stereocenters. The molecule has 0 spiro atoms. The Labute approximate surface area is 174 Å². The zero-order valence-corrected chi connectivity index (χ0v) is 16.8. The van der Waals surface area contributed by atoms with Crippen molar-refractivity contribution in [3.05, 3.63) is 109 Å². The molecule has 0 saturated heterocycles. The van der Waals surface area contributed by atoms with E-state index in [4.69, 9.17) is 0 Å². The highest BCUT2D eigenvalue weighted by Crippen LogP contribution is 2.17. The zero-order valence-electron chi connectivity index (χ0n) is 16.8. The van der Waals surface area contributed by atoms with E-state index in [1.165, 1.54) is 11.1 Å². The number of hydrogen-bond donors (Lipinski definition) is 0. The lowest BCUT2D eigenvalue weighted by Crippen LogP contribution is -2.35. The van der Waals surface area contributed by atoms with E-state index in [1.807, 2.05) is 12.2 Å². The third kappa shape index (κ3) is 4.91. The van der Waals surface area contributed by atoms with Crippen molar-refractivity contribution in [1.82, 2.24) is 19.6 Å². The maximum absolute atomic E-state index is 3.81. The molecule has 0 radical (unpaired) electrons. The average molecular weight is 385 g/mol. The quantitative estimate of drug-likeness (QED) is 0.653. The molecular formula is C25H28N4. The molecule has 0 aliphatic carbocycles. The van der Waals surface area contributed by atoms with Crippen LogP contribution in [0.25, 0.3) is 12.2 Å². The highest BCUT2D eigenvalue weighted by molar-refractivity contribution is 5.47. The van der Waals surface area contributed by atoms with Crippen LogP contribution in [0.15, 0.2) is 86.5 Å². The van der Waals surface area contributed by atoms with Crippen LogP contribution in [0.3, 0.4) is 0 Å². The van der Waals surface area contributed by atoms with Crippen LogP contribution in [-0.2, 0) is 13.1 Å². The maximum Gasteiger partial charge on any atom is 0.0927 e. The molecule has 4 heteroatoms. The smallest absolute Gasteiger partial charge is 0.0927 e. The minimum Gasteiger partial charge on any atom is -0.354 e. The minimum atomic E-state index is 0.894. The molecule has 29 heavy (non-hydrogen) atoms. The van der Waals surface area contributed by atoms with Gasteiger partial charge in [0, 0.05) is 37.9 Å². The molecule has 2 aromatic rings. The number of rotatable bonds is 8. The first-order valence-corrected chi connectivity index (χ1v) is 9.97. The molecule has 2 heterocycles. The van der Waals surface area contributed by atoms with Crippen LogP contribution in [0, 0.1) is 0 Å². The van der Waals surface area contributed by atoms with Crippen LogP contribution in [-0.4, -0.2) is 39.6 Å². The van der Waals surface area contributed by atoms with E-state index in [0.717, 1.165) is 44.2 Å². The number of hydrogen-bond acceptors (Lipinski definition) is 4. The van der Waals surface area contributed by atoms with Crippen LogP contribution in [0.2, 0.25) is 0 Å². The molecular weight excluding hydrogens is 356 g/mol. The average Bonchev–Trinajstić information content (AvgIpc) is 3.38. The summed E-state index contributed by atoms with van der Waals surface area (Å²) in [6.45, 7) is 12.2. The summed E-state index contributed by atoms with van der Waals surface area (Å²) in [6.07, 6.45) is 12.5. The molecule has 2 aromatic carbocycles. The van der Waals surface area contributed by atoms with Gasteiger partial charge in [-0.15, -0.1) is 0 Å². The Kier molecular flexibility index (Phi) is 5.71. The molecule has 0 bridgehead atoms. The fourth-order valence-corrected chi connectivity index (χ4v) is 3.64. The molecule has 4 nitrogen and oxygen atoms in total. The third-order valence-electron chi connectivity index (χ3n) is 5.27. The summed E-state index contributed by atoms with van der Waals surface area (Å²) in [4.78, 5) is 9.35. The Morgan fingerprint density at radius 2 is 0.966 bits per heavy atom. The van der Waals surface area contributed by atoms with Crippen LogP contribution in [0.4, 0.5) is 0 Å². The van der Waals surface area contributed by atoms with Gasteiger partial charge >= 0.3 is 0 Å². The summed E-state index contributed by atoms with van der Waals surface area (Å²) < 4.78 is 0. The summed E-state index contributed by atoms with van der Waals surface area (Å²) in [5.74, 6) is 0. The first kappa shape index (κ1) is 18.9. The van der Waals surface area contributed by atoms with Gasteiger partial charge in [0.1, 0.15) is 0 Å². The molecule has 2 aliphatic rings. The SMILES string of the molecule is C=Cc1ccc(CN2C=CN(CN3C=CN(Cc4ccc(C=C)cc4)C3)C2)cc1. The normalized spacial score (nSPS) is 15.4. The first-order chi connectivity index (χ1) is 14.2. The third-order valence-corrected chi connectivity index (χ3v) is 5.27. The molecule has 0 N–H and O–H groups in total. The standard InChI is InChI=1S/C25H28N4/c1-3-22-5-9-24(10-6-22)17-26-13-15-28(19-26)21-29-16-14-27(20-29)18-25-11-7-23(4-2)8-12-25/h3-16H,1-2,17-21H2. The highest BCUT2D eigenvalue weighted by Gasteiger charge is 2.18. The van der Waals surface area contributed by atoms with E-state index in [2.05, 4.69) is 106 Å². The summed E-state index contributed by atoms with van der Waals surface area (Å²) in [7, 11) is 0. The van der Waals surface area contributed by atoms with Crippen molar-refractivity contribution in [2.24, 2.45) is 0 Å². The Balaban J connectivity index is 1.22. The van der Waals surface area contributed by atoms with Crippen LogP contribution >= 0.6 is 0 Å². The van der Waals surface area contributed by atoms with E-state index >= 15 is 0 Å². The van der Waals surface area contributed by atoms with Crippen molar-refractivity contribution < 1.29 is 0 Å². The van der Waals surface area contributed by atoms with Gasteiger partial charge in [-0.25, -0.2) is 0 Å². The number of benzene rings is 2. The van der Waals surface area contributed by atoms with E-state index in [0.29, 0.717) is 0 Å². The monoisotopic (exact) mass is 384 g/mol. The van der Waals surface area contributed by atoms with E-state index in [1.54, 1.807) is 0 Å². The molecule has 2 aliphatic heterocycles. The van der Waals surface area contributed by atoms with Crippen molar-refractivity contribution in [2.75, 3.05) is 20.0 Å². The maximum atomic E-state index is 3.81. The lowest BCUT2D eigenvalue weighted by molar-refractivity contribution is 0.159. The summed E-state index contributed by atoms with van der Waals surface area (Å²) in [5.41, 5.74) is 4.96. The topological polar surface area (TPSA) is 13.0 Å². The van der Waals surface area contributed by atoms with Gasteiger partial charge in [0.2, 0.25) is 0 Å². The second kappa shape index (κ2) is 8.74. The summed E-state index contributed by atoms with van der Waals surface area (Å²) in [5, 5.41) is 0. The Morgan fingerprint density at radius 3 is 1.34 bits per heavy atom. The van der Waals surface area contributed by atoms with Crippen molar-refractivity contribution in [2.45, 2.75) is 13.1 Å². The fourth-order valence-electron chi connectivity index (χ4n) is 3.64. The van der Waals surface area contributed by atoms with Crippen LogP contribution < -0.4 is 0 Å². The van der Waals surface area contributed by atoms with Crippen molar-refractivity contribution in [3.63, 3.8) is 0 Å². The molecule has 148 valence electrons. The van der Waals surface area contributed by atoms with Gasteiger partial charge in [-0.05, 0) is 22.3 Å². The minimum absolute atomic E-state index is 0.894. The predicted molar refractivity (Wildman–Crippen MR) is 121 cm³/mol. The van der Waals surface area contributed by atoms with Gasteiger partial charge in [0.05, 0.1) is 20.0 Å². The Morgan fingerprint density at radius 1 is 0.586 bits per heavy atom. The van der Waals surface area contributed by atoms with Gasteiger partial charge in [-0.1, -0.05) is 73.8 Å². The second-order valence-corrected chi connectivity index (χ2v) is 7.58. The lowest BCUT2D eigenvalue weighted by atomic mass is 10.1. The van der Waals surface area contributed by atoms with Crippen LogP contribution in [0.1, 0.15) is 22.3 Å². The lowest BCUT2D eigenvalue weighted by Gasteiger charge is -2.27. The molecule has 4 rings (SSSR count). The molecule has 0 fully saturated rings. The summed E-state index contributed by atoms with van der Waals surface area (Å²) >= 11 is 0. The molecule has 0 unspecified atom stereocenters. The van der Waals surface area contributed by atoms with Gasteiger partial charge < -0.3 is 19.6 Å². The van der Waals surface area contributed by atoms with Crippen molar-refractivity contribution in [1.29, 1.82) is 0 Å². The van der Waals surface area contributed by atoms with Gasteiger partial charge in [0.15, 0.2) is 0 Å². The van der Waals surface area contributed by atoms with Crippen LogP contribution in [0.5, 0.6) is 0 Å². The Bertz CT molecular complexity index is 820. The van der Waals surface area contributed by atoms with E-state index in [9.17, 15) is 0 Å². The predicted octanol–water partition coefficient (Wildman–Crippen LogP) is 4.72.